The van der Waals surface area contributed by atoms with E-state index in [2.05, 4.69) is 18.9 Å². The molecular formula is C20H20N2O2. The van der Waals surface area contributed by atoms with Gasteiger partial charge < -0.3 is 4.74 Å². The first-order chi connectivity index (χ1) is 11.7. The topological polar surface area (TPSA) is 44.1 Å². The van der Waals surface area contributed by atoms with Crippen LogP contribution in [-0.4, -0.2) is 16.1 Å². The van der Waals surface area contributed by atoms with E-state index < -0.39 is 0 Å². The second-order valence-corrected chi connectivity index (χ2v) is 5.90. The highest BCUT2D eigenvalue weighted by molar-refractivity contribution is 5.81. The molecule has 0 spiro atoms. The molecule has 0 aliphatic heterocycles. The molecule has 0 fully saturated rings. The van der Waals surface area contributed by atoms with Gasteiger partial charge in [-0.1, -0.05) is 36.4 Å². The summed E-state index contributed by atoms with van der Waals surface area (Å²) in [6.07, 6.45) is 2.61. The molecule has 0 saturated carbocycles. The molecule has 2 aromatic carbocycles. The highest BCUT2D eigenvalue weighted by Gasteiger charge is 2.11. The van der Waals surface area contributed by atoms with Gasteiger partial charge in [0.2, 0.25) is 0 Å². The number of aromatic nitrogens is 2. The second-order valence-electron chi connectivity index (χ2n) is 5.90. The van der Waals surface area contributed by atoms with E-state index in [1.165, 1.54) is 0 Å². The predicted octanol–water partition coefficient (Wildman–Crippen LogP) is 4.52. The van der Waals surface area contributed by atoms with Gasteiger partial charge in [0.1, 0.15) is 12.4 Å². The Morgan fingerprint density at radius 1 is 1.12 bits per heavy atom. The van der Waals surface area contributed by atoms with Crippen molar-refractivity contribution in [3.63, 3.8) is 0 Å². The normalized spacial score (nSPS) is 10.8. The molecule has 4 nitrogen and oxygen atoms in total. The lowest BCUT2D eigenvalue weighted by atomic mass is 10.1. The minimum atomic E-state index is 0.259. The fourth-order valence-electron chi connectivity index (χ4n) is 2.61. The Bertz CT molecular complexity index is 823. The summed E-state index contributed by atoms with van der Waals surface area (Å²) in [5, 5.41) is 4.36. The lowest BCUT2D eigenvalue weighted by Crippen LogP contribution is -2.05. The molecule has 0 amide bonds. The average molecular weight is 320 g/mol. The van der Waals surface area contributed by atoms with Crippen LogP contribution in [0.25, 0.3) is 11.3 Å². The number of benzene rings is 2. The van der Waals surface area contributed by atoms with Crippen LogP contribution in [0.1, 0.15) is 35.8 Å². The summed E-state index contributed by atoms with van der Waals surface area (Å²) in [7, 11) is 0. The van der Waals surface area contributed by atoms with Crippen molar-refractivity contribution >= 4 is 6.29 Å². The first-order valence-corrected chi connectivity index (χ1v) is 7.99. The van der Waals surface area contributed by atoms with Crippen molar-refractivity contribution in [2.75, 3.05) is 0 Å². The summed E-state index contributed by atoms with van der Waals surface area (Å²) in [5.74, 6) is 0.586. The van der Waals surface area contributed by atoms with Crippen molar-refractivity contribution < 1.29 is 9.53 Å². The molecule has 0 radical (unpaired) electrons. The lowest BCUT2D eigenvalue weighted by molar-refractivity contribution is 0.111. The Balaban J connectivity index is 1.90. The quantitative estimate of drug-likeness (QED) is 0.627. The lowest BCUT2D eigenvalue weighted by Gasteiger charge is -2.14. The highest BCUT2D eigenvalue weighted by atomic mass is 16.5. The summed E-state index contributed by atoms with van der Waals surface area (Å²) >= 11 is 0. The average Bonchev–Trinajstić information content (AvgIpc) is 3.10. The Morgan fingerprint density at radius 2 is 1.92 bits per heavy atom. The van der Waals surface area contributed by atoms with E-state index in [0.29, 0.717) is 17.9 Å². The summed E-state index contributed by atoms with van der Waals surface area (Å²) in [6, 6.07) is 17.8. The van der Waals surface area contributed by atoms with E-state index in [1.54, 1.807) is 12.3 Å². The molecule has 0 aliphatic rings. The van der Waals surface area contributed by atoms with Gasteiger partial charge in [-0.25, -0.2) is 0 Å². The predicted molar refractivity (Wildman–Crippen MR) is 94.2 cm³/mol. The molecule has 0 bridgehead atoms. The Kier molecular flexibility index (Phi) is 4.75. The number of aldehydes is 1. The molecule has 3 rings (SSSR count). The van der Waals surface area contributed by atoms with E-state index in [0.717, 1.165) is 23.1 Å². The number of carbonyl (C=O) groups excluding carboxylic acids is 1. The van der Waals surface area contributed by atoms with Crippen LogP contribution < -0.4 is 4.74 Å². The van der Waals surface area contributed by atoms with Crippen LogP contribution >= 0.6 is 0 Å². The summed E-state index contributed by atoms with van der Waals surface area (Å²) in [6.45, 7) is 4.60. The number of nitrogens with zero attached hydrogens (tertiary/aromatic N) is 2. The highest BCUT2D eigenvalue weighted by Crippen LogP contribution is 2.28. The Labute approximate surface area is 141 Å². The van der Waals surface area contributed by atoms with E-state index in [4.69, 9.17) is 4.74 Å². The van der Waals surface area contributed by atoms with Crippen LogP contribution in [0, 0.1) is 0 Å². The van der Waals surface area contributed by atoms with Gasteiger partial charge >= 0.3 is 0 Å². The van der Waals surface area contributed by atoms with Gasteiger partial charge in [0.15, 0.2) is 6.29 Å². The molecule has 0 saturated heterocycles. The zero-order valence-corrected chi connectivity index (χ0v) is 13.8. The minimum absolute atomic E-state index is 0.259. The number of rotatable bonds is 6. The molecule has 1 aromatic heterocycles. The van der Waals surface area contributed by atoms with Crippen molar-refractivity contribution in [1.82, 2.24) is 9.78 Å². The SMILES string of the molecule is CC(C)n1nccc1-c1ccc(C=O)c(OCc2ccccc2)c1. The summed E-state index contributed by atoms with van der Waals surface area (Å²) in [4.78, 5) is 11.3. The Hall–Kier alpha value is -2.88. The van der Waals surface area contributed by atoms with Crippen molar-refractivity contribution in [1.29, 1.82) is 0 Å². The molecule has 3 aromatic rings. The molecule has 4 heteroatoms. The zero-order valence-electron chi connectivity index (χ0n) is 13.8. The third-order valence-electron chi connectivity index (χ3n) is 3.83. The largest absolute Gasteiger partial charge is 0.488 e. The maximum atomic E-state index is 11.3. The monoisotopic (exact) mass is 320 g/mol. The van der Waals surface area contributed by atoms with Crippen molar-refractivity contribution in [3.05, 3.63) is 71.9 Å². The third kappa shape index (κ3) is 3.38. The van der Waals surface area contributed by atoms with E-state index in [9.17, 15) is 4.79 Å². The van der Waals surface area contributed by atoms with Gasteiger partial charge in [0.05, 0.1) is 11.3 Å². The molecule has 122 valence electrons. The Morgan fingerprint density at radius 3 is 2.62 bits per heavy atom. The first kappa shape index (κ1) is 16.0. The van der Waals surface area contributed by atoms with Crippen molar-refractivity contribution in [2.24, 2.45) is 0 Å². The van der Waals surface area contributed by atoms with Crippen LogP contribution in [-0.2, 0) is 6.61 Å². The molecule has 0 N–H and O–H groups in total. The number of carbonyl (C=O) groups is 1. The molecule has 24 heavy (non-hydrogen) atoms. The van der Waals surface area contributed by atoms with E-state index >= 15 is 0 Å². The van der Waals surface area contributed by atoms with E-state index in [-0.39, 0.29) is 6.04 Å². The number of hydrogen-bond donors (Lipinski definition) is 0. The minimum Gasteiger partial charge on any atom is -0.488 e. The van der Waals surface area contributed by atoms with Gasteiger partial charge in [-0.05, 0) is 37.6 Å². The third-order valence-corrected chi connectivity index (χ3v) is 3.83. The fourth-order valence-corrected chi connectivity index (χ4v) is 2.61. The van der Waals surface area contributed by atoms with Gasteiger partial charge in [0, 0.05) is 17.8 Å². The molecule has 0 atom stereocenters. The van der Waals surface area contributed by atoms with Crippen molar-refractivity contribution in [2.45, 2.75) is 26.5 Å². The van der Waals surface area contributed by atoms with Gasteiger partial charge in [-0.2, -0.15) is 5.10 Å². The molecular weight excluding hydrogens is 300 g/mol. The first-order valence-electron chi connectivity index (χ1n) is 7.99. The van der Waals surface area contributed by atoms with Crippen LogP contribution in [0.2, 0.25) is 0 Å². The standard InChI is InChI=1S/C20H20N2O2/c1-15(2)22-19(10-11-21-22)17-8-9-18(13-23)20(12-17)24-14-16-6-4-3-5-7-16/h3-13,15H,14H2,1-2H3. The second kappa shape index (κ2) is 7.13. The molecule has 0 unspecified atom stereocenters. The number of hydrogen-bond acceptors (Lipinski definition) is 3. The van der Waals surface area contributed by atoms with Crippen LogP contribution in [0.3, 0.4) is 0 Å². The molecule has 0 aliphatic carbocycles. The van der Waals surface area contributed by atoms with Crippen LogP contribution in [0.5, 0.6) is 5.75 Å². The fraction of sp³-hybridized carbons (Fsp3) is 0.200. The summed E-state index contributed by atoms with van der Waals surface area (Å²) < 4.78 is 7.85. The maximum Gasteiger partial charge on any atom is 0.153 e. The maximum absolute atomic E-state index is 11.3. The van der Waals surface area contributed by atoms with Crippen LogP contribution in [0.15, 0.2) is 60.8 Å². The van der Waals surface area contributed by atoms with Crippen LogP contribution in [0.4, 0.5) is 0 Å². The zero-order chi connectivity index (χ0) is 16.9. The van der Waals surface area contributed by atoms with Crippen molar-refractivity contribution in [3.8, 4) is 17.0 Å². The number of ether oxygens (including phenoxy) is 1. The van der Waals surface area contributed by atoms with E-state index in [1.807, 2.05) is 53.2 Å². The van der Waals surface area contributed by atoms with Gasteiger partial charge in [-0.15, -0.1) is 0 Å². The van der Waals surface area contributed by atoms with Gasteiger partial charge in [0.25, 0.3) is 0 Å². The summed E-state index contributed by atoms with van der Waals surface area (Å²) in [5.41, 5.74) is 3.60. The van der Waals surface area contributed by atoms with Gasteiger partial charge in [-0.3, -0.25) is 9.48 Å². The molecule has 1 heterocycles. The smallest absolute Gasteiger partial charge is 0.153 e.